The Morgan fingerprint density at radius 3 is 3.00 bits per heavy atom. The van der Waals surface area contributed by atoms with Gasteiger partial charge in [0.1, 0.15) is 0 Å². The minimum absolute atomic E-state index is 0.128. The fourth-order valence-corrected chi connectivity index (χ4v) is 3.84. The molecule has 0 spiro atoms. The van der Waals surface area contributed by atoms with E-state index in [0.717, 1.165) is 23.0 Å². The first kappa shape index (κ1) is 13.1. The summed E-state index contributed by atoms with van der Waals surface area (Å²) in [5.41, 5.74) is 5.69. The average molecular weight is 317 g/mol. The Hall–Kier alpha value is -0.390. The van der Waals surface area contributed by atoms with Crippen LogP contribution >= 0.6 is 27.3 Å². The van der Waals surface area contributed by atoms with E-state index < -0.39 is 0 Å². The van der Waals surface area contributed by atoms with Gasteiger partial charge >= 0.3 is 0 Å². The van der Waals surface area contributed by atoms with Crippen molar-refractivity contribution >= 4 is 33.2 Å². The summed E-state index contributed by atoms with van der Waals surface area (Å²) in [6.45, 7) is 1.26. The third-order valence-electron chi connectivity index (χ3n) is 3.36. The van der Waals surface area contributed by atoms with Crippen molar-refractivity contribution < 1.29 is 4.79 Å². The van der Waals surface area contributed by atoms with Gasteiger partial charge in [-0.15, -0.1) is 11.3 Å². The molecule has 3 N–H and O–H groups in total. The molecule has 2 rings (SSSR count). The molecule has 1 aromatic rings. The quantitative estimate of drug-likeness (QED) is 0.896. The Balaban J connectivity index is 1.84. The van der Waals surface area contributed by atoms with E-state index in [1.165, 1.54) is 4.88 Å². The number of hydrogen-bond donors (Lipinski definition) is 2. The van der Waals surface area contributed by atoms with E-state index in [4.69, 9.17) is 5.73 Å². The second-order valence-corrected chi connectivity index (χ2v) is 7.00. The predicted octanol–water partition coefficient (Wildman–Crippen LogP) is 2.50. The molecule has 17 heavy (non-hydrogen) atoms. The molecule has 1 fully saturated rings. The molecule has 3 nitrogen and oxygen atoms in total. The number of carbonyl (C=O) groups excluding carboxylic acids is 1. The van der Waals surface area contributed by atoms with Crippen molar-refractivity contribution in [3.05, 3.63) is 20.8 Å². The summed E-state index contributed by atoms with van der Waals surface area (Å²) in [6, 6.07) is 4.04. The molecule has 0 radical (unpaired) electrons. The highest BCUT2D eigenvalue weighted by Gasteiger charge is 2.31. The summed E-state index contributed by atoms with van der Waals surface area (Å²) in [5, 5.41) is 3.01. The number of halogens is 1. The first-order valence-corrected chi connectivity index (χ1v) is 7.53. The van der Waals surface area contributed by atoms with Crippen molar-refractivity contribution in [2.75, 3.05) is 6.54 Å². The van der Waals surface area contributed by atoms with Crippen LogP contribution in [0.2, 0.25) is 0 Å². The first-order valence-electron chi connectivity index (χ1n) is 5.92. The zero-order valence-corrected chi connectivity index (χ0v) is 12.0. The van der Waals surface area contributed by atoms with E-state index in [0.29, 0.717) is 19.0 Å². The number of nitrogens with two attached hydrogens (primary N) is 1. The van der Waals surface area contributed by atoms with E-state index in [1.807, 2.05) is 12.1 Å². The van der Waals surface area contributed by atoms with Crippen LogP contribution in [0.15, 0.2) is 15.9 Å². The van der Waals surface area contributed by atoms with Crippen LogP contribution in [-0.4, -0.2) is 12.5 Å². The van der Waals surface area contributed by atoms with Gasteiger partial charge in [-0.2, -0.15) is 0 Å². The van der Waals surface area contributed by atoms with Crippen LogP contribution in [0, 0.1) is 11.8 Å². The number of thiophene rings is 1. The summed E-state index contributed by atoms with van der Waals surface area (Å²) >= 11 is 5.07. The van der Waals surface area contributed by atoms with Crippen molar-refractivity contribution in [1.82, 2.24) is 5.32 Å². The van der Waals surface area contributed by atoms with Crippen LogP contribution in [0.3, 0.4) is 0 Å². The van der Waals surface area contributed by atoms with Gasteiger partial charge in [0.25, 0.3) is 0 Å². The van der Waals surface area contributed by atoms with Gasteiger partial charge in [0.2, 0.25) is 5.91 Å². The predicted molar refractivity (Wildman–Crippen MR) is 73.8 cm³/mol. The van der Waals surface area contributed by atoms with Gasteiger partial charge in [0.05, 0.1) is 10.3 Å². The lowest BCUT2D eigenvalue weighted by Crippen LogP contribution is -2.34. The fraction of sp³-hybridized carbons (Fsp3) is 0.583. The standard InChI is InChI=1S/C12H17BrN2OS/c13-11-5-4-9(17-11)7-15-12(16)10-3-1-2-8(10)6-14/h4-5,8,10H,1-3,6-7,14H2,(H,15,16). The van der Waals surface area contributed by atoms with Crippen LogP contribution in [0.1, 0.15) is 24.1 Å². The molecule has 0 aromatic carbocycles. The number of hydrogen-bond acceptors (Lipinski definition) is 3. The highest BCUT2D eigenvalue weighted by atomic mass is 79.9. The summed E-state index contributed by atoms with van der Waals surface area (Å²) in [4.78, 5) is 13.2. The summed E-state index contributed by atoms with van der Waals surface area (Å²) < 4.78 is 1.10. The molecule has 1 aliphatic carbocycles. The van der Waals surface area contributed by atoms with Crippen molar-refractivity contribution in [2.24, 2.45) is 17.6 Å². The number of nitrogens with one attached hydrogen (secondary N) is 1. The Labute approximate surface area is 114 Å². The Bertz CT molecular complexity index is 394. The third kappa shape index (κ3) is 3.30. The molecule has 1 aromatic heterocycles. The molecule has 1 heterocycles. The van der Waals surface area contributed by atoms with Crippen LogP contribution < -0.4 is 11.1 Å². The fourth-order valence-electron chi connectivity index (χ4n) is 2.42. The Morgan fingerprint density at radius 1 is 1.53 bits per heavy atom. The van der Waals surface area contributed by atoms with Gasteiger partial charge in [-0.05, 0) is 53.4 Å². The maximum Gasteiger partial charge on any atom is 0.223 e. The summed E-state index contributed by atoms with van der Waals surface area (Å²) in [7, 11) is 0. The number of amides is 1. The number of carbonyl (C=O) groups is 1. The molecule has 94 valence electrons. The minimum Gasteiger partial charge on any atom is -0.351 e. The molecule has 0 saturated heterocycles. The highest BCUT2D eigenvalue weighted by Crippen LogP contribution is 2.31. The zero-order chi connectivity index (χ0) is 12.3. The second kappa shape index (κ2) is 5.98. The molecular weight excluding hydrogens is 300 g/mol. The minimum atomic E-state index is 0.128. The van der Waals surface area contributed by atoms with Gasteiger partial charge in [-0.1, -0.05) is 6.42 Å². The van der Waals surface area contributed by atoms with Gasteiger partial charge in [-0.3, -0.25) is 4.79 Å². The van der Waals surface area contributed by atoms with Gasteiger partial charge in [-0.25, -0.2) is 0 Å². The van der Waals surface area contributed by atoms with Crippen LogP contribution in [0.25, 0.3) is 0 Å². The molecular formula is C12H17BrN2OS. The van der Waals surface area contributed by atoms with E-state index in [9.17, 15) is 4.79 Å². The lowest BCUT2D eigenvalue weighted by Gasteiger charge is -2.16. The van der Waals surface area contributed by atoms with E-state index >= 15 is 0 Å². The molecule has 2 unspecified atom stereocenters. The van der Waals surface area contributed by atoms with E-state index in [2.05, 4.69) is 21.2 Å². The van der Waals surface area contributed by atoms with Crippen molar-refractivity contribution in [3.63, 3.8) is 0 Å². The molecule has 1 aliphatic rings. The maximum atomic E-state index is 12.0. The molecule has 5 heteroatoms. The van der Waals surface area contributed by atoms with Crippen LogP contribution in [0.5, 0.6) is 0 Å². The number of rotatable bonds is 4. The summed E-state index contributed by atoms with van der Waals surface area (Å²) in [6.07, 6.45) is 3.21. The largest absolute Gasteiger partial charge is 0.351 e. The molecule has 0 aliphatic heterocycles. The SMILES string of the molecule is NCC1CCCC1C(=O)NCc1ccc(Br)s1. The molecule has 1 saturated carbocycles. The Morgan fingerprint density at radius 2 is 2.35 bits per heavy atom. The lowest BCUT2D eigenvalue weighted by molar-refractivity contribution is -0.126. The van der Waals surface area contributed by atoms with Gasteiger partial charge < -0.3 is 11.1 Å². The molecule has 0 bridgehead atoms. The van der Waals surface area contributed by atoms with Crippen LogP contribution in [0.4, 0.5) is 0 Å². The summed E-state index contributed by atoms with van der Waals surface area (Å²) in [5.74, 6) is 0.677. The normalized spacial score (nSPS) is 23.9. The molecule has 2 atom stereocenters. The van der Waals surface area contributed by atoms with E-state index in [1.54, 1.807) is 11.3 Å². The Kier molecular flexibility index (Phi) is 4.59. The molecule has 1 amide bonds. The van der Waals surface area contributed by atoms with Crippen molar-refractivity contribution in [1.29, 1.82) is 0 Å². The zero-order valence-electron chi connectivity index (χ0n) is 9.62. The second-order valence-electron chi connectivity index (χ2n) is 4.46. The van der Waals surface area contributed by atoms with Crippen molar-refractivity contribution in [3.8, 4) is 0 Å². The van der Waals surface area contributed by atoms with Gasteiger partial charge in [0.15, 0.2) is 0 Å². The maximum absolute atomic E-state index is 12.0. The van der Waals surface area contributed by atoms with E-state index in [-0.39, 0.29) is 11.8 Å². The van der Waals surface area contributed by atoms with Crippen LogP contribution in [-0.2, 0) is 11.3 Å². The average Bonchev–Trinajstić information content (AvgIpc) is 2.94. The highest BCUT2D eigenvalue weighted by molar-refractivity contribution is 9.11. The smallest absolute Gasteiger partial charge is 0.223 e. The lowest BCUT2D eigenvalue weighted by atomic mass is 9.95. The topological polar surface area (TPSA) is 55.1 Å². The van der Waals surface area contributed by atoms with Gasteiger partial charge in [0, 0.05) is 10.8 Å². The third-order valence-corrected chi connectivity index (χ3v) is 4.99. The first-order chi connectivity index (χ1) is 8.20. The monoisotopic (exact) mass is 316 g/mol. The van der Waals surface area contributed by atoms with Crippen molar-refractivity contribution in [2.45, 2.75) is 25.8 Å².